The van der Waals surface area contributed by atoms with Crippen LogP contribution in [0.1, 0.15) is 5.76 Å². The van der Waals surface area contributed by atoms with Crippen molar-refractivity contribution in [1.82, 2.24) is 0 Å². The van der Waals surface area contributed by atoms with Crippen LogP contribution in [-0.4, -0.2) is 14.7 Å². The van der Waals surface area contributed by atoms with Crippen LogP contribution in [0.25, 0.3) is 11.0 Å². The van der Waals surface area contributed by atoms with Crippen LogP contribution in [0.5, 0.6) is 0 Å². The maximum absolute atomic E-state index is 10.8. The van der Waals surface area contributed by atoms with E-state index in [1.165, 1.54) is 0 Å². The minimum absolute atomic E-state index is 0.0620. The third-order valence-corrected chi connectivity index (χ3v) is 2.44. The fourth-order valence-corrected chi connectivity index (χ4v) is 1.60. The van der Waals surface area contributed by atoms with Gasteiger partial charge in [0.05, 0.1) is 6.26 Å². The van der Waals surface area contributed by atoms with Gasteiger partial charge in [-0.25, -0.2) is 0 Å². The van der Waals surface area contributed by atoms with Crippen molar-refractivity contribution >= 4 is 21.1 Å². The lowest BCUT2D eigenvalue weighted by atomic mass is 10.2. The van der Waals surface area contributed by atoms with Crippen LogP contribution in [0.3, 0.4) is 0 Å². The first kappa shape index (κ1) is 10.2. The van der Waals surface area contributed by atoms with E-state index in [0.29, 0.717) is 5.76 Å². The fourth-order valence-electron chi connectivity index (χ4n) is 1.27. The summed E-state index contributed by atoms with van der Waals surface area (Å²) in [5.41, 5.74) is 0.726. The molecule has 0 aliphatic carbocycles. The SMILES string of the molecule is CS(=O)(=O)OCc1cc2ccccc2o1. The standard InChI is InChI=1S/C10H10O4S/c1-15(11,12)13-7-9-6-8-4-2-3-5-10(8)14-9/h2-6H,7H2,1H3. The lowest BCUT2D eigenvalue weighted by Gasteiger charge is -1.96. The Labute approximate surface area is 87.6 Å². The molecule has 4 nitrogen and oxygen atoms in total. The van der Waals surface area contributed by atoms with E-state index in [-0.39, 0.29) is 6.61 Å². The molecule has 2 aromatic rings. The van der Waals surface area contributed by atoms with Crippen molar-refractivity contribution in [2.24, 2.45) is 0 Å². The second kappa shape index (κ2) is 3.67. The van der Waals surface area contributed by atoms with Gasteiger partial charge < -0.3 is 4.42 Å². The smallest absolute Gasteiger partial charge is 0.264 e. The minimum Gasteiger partial charge on any atom is -0.459 e. The molecule has 0 atom stereocenters. The van der Waals surface area contributed by atoms with Gasteiger partial charge >= 0.3 is 0 Å². The highest BCUT2D eigenvalue weighted by Crippen LogP contribution is 2.19. The molecule has 1 aromatic carbocycles. The highest BCUT2D eigenvalue weighted by atomic mass is 32.2. The molecule has 1 heterocycles. The Hall–Kier alpha value is -1.33. The van der Waals surface area contributed by atoms with Crippen molar-refractivity contribution in [2.45, 2.75) is 6.61 Å². The molecule has 15 heavy (non-hydrogen) atoms. The zero-order chi connectivity index (χ0) is 10.9. The Morgan fingerprint density at radius 3 is 2.73 bits per heavy atom. The molecule has 1 aromatic heterocycles. The fraction of sp³-hybridized carbons (Fsp3) is 0.200. The zero-order valence-electron chi connectivity index (χ0n) is 8.14. The number of benzene rings is 1. The first-order chi connectivity index (χ1) is 7.04. The predicted molar refractivity (Wildman–Crippen MR) is 55.8 cm³/mol. The number of furan rings is 1. The molecular weight excluding hydrogens is 216 g/mol. The highest BCUT2D eigenvalue weighted by molar-refractivity contribution is 7.85. The molecule has 0 radical (unpaired) electrons. The summed E-state index contributed by atoms with van der Waals surface area (Å²) >= 11 is 0. The van der Waals surface area contributed by atoms with Gasteiger partial charge in [0.2, 0.25) is 0 Å². The van der Waals surface area contributed by atoms with Crippen molar-refractivity contribution in [3.63, 3.8) is 0 Å². The Kier molecular flexibility index (Phi) is 2.50. The first-order valence-corrected chi connectivity index (χ1v) is 6.18. The van der Waals surface area contributed by atoms with Crippen LogP contribution < -0.4 is 0 Å². The van der Waals surface area contributed by atoms with Gasteiger partial charge in [-0.1, -0.05) is 18.2 Å². The summed E-state index contributed by atoms with van der Waals surface area (Å²) in [6.45, 7) is -0.0620. The third-order valence-electron chi connectivity index (χ3n) is 1.89. The summed E-state index contributed by atoms with van der Waals surface area (Å²) in [6.07, 6.45) is 1.01. The molecule has 0 fully saturated rings. The average Bonchev–Trinajstić information content (AvgIpc) is 2.56. The van der Waals surface area contributed by atoms with Crippen LogP contribution >= 0.6 is 0 Å². The van der Waals surface area contributed by atoms with E-state index in [0.717, 1.165) is 17.2 Å². The second-order valence-corrected chi connectivity index (χ2v) is 4.86. The summed E-state index contributed by atoms with van der Waals surface area (Å²) < 4.78 is 31.5. The molecule has 80 valence electrons. The predicted octanol–water partition coefficient (Wildman–Crippen LogP) is 1.91. The lowest BCUT2D eigenvalue weighted by Crippen LogP contribution is -2.01. The quantitative estimate of drug-likeness (QED) is 0.750. The summed E-state index contributed by atoms with van der Waals surface area (Å²) in [4.78, 5) is 0. The minimum atomic E-state index is -3.42. The van der Waals surface area contributed by atoms with Crippen LogP contribution in [0.4, 0.5) is 0 Å². The normalized spacial score (nSPS) is 12.1. The van der Waals surface area contributed by atoms with Gasteiger partial charge in [0, 0.05) is 5.39 Å². The van der Waals surface area contributed by atoms with E-state index in [4.69, 9.17) is 4.42 Å². The van der Waals surface area contributed by atoms with Gasteiger partial charge in [-0.05, 0) is 12.1 Å². The Morgan fingerprint density at radius 1 is 1.33 bits per heavy atom. The van der Waals surface area contributed by atoms with Crippen molar-refractivity contribution in [2.75, 3.05) is 6.26 Å². The summed E-state index contributed by atoms with van der Waals surface area (Å²) in [7, 11) is -3.42. The monoisotopic (exact) mass is 226 g/mol. The van der Waals surface area contributed by atoms with Crippen LogP contribution in [-0.2, 0) is 20.9 Å². The number of hydrogen-bond donors (Lipinski definition) is 0. The van der Waals surface area contributed by atoms with Gasteiger partial charge in [-0.2, -0.15) is 8.42 Å². The molecule has 0 saturated heterocycles. The van der Waals surface area contributed by atoms with Gasteiger partial charge in [-0.3, -0.25) is 4.18 Å². The molecule has 5 heteroatoms. The Bertz CT molecular complexity index is 535. The maximum atomic E-state index is 10.8. The van der Waals surface area contributed by atoms with Crippen molar-refractivity contribution in [3.05, 3.63) is 36.1 Å². The molecule has 0 unspecified atom stereocenters. The summed E-state index contributed by atoms with van der Waals surface area (Å²) in [5, 5.41) is 0.935. The van der Waals surface area contributed by atoms with Gasteiger partial charge in [0.25, 0.3) is 10.1 Å². The van der Waals surface area contributed by atoms with Crippen molar-refractivity contribution < 1.29 is 17.0 Å². The Balaban J connectivity index is 2.23. The van der Waals surface area contributed by atoms with Gasteiger partial charge in [0.1, 0.15) is 18.0 Å². The Morgan fingerprint density at radius 2 is 2.07 bits per heavy atom. The number of hydrogen-bond acceptors (Lipinski definition) is 4. The van der Waals surface area contributed by atoms with E-state index in [2.05, 4.69) is 4.18 Å². The maximum Gasteiger partial charge on any atom is 0.264 e. The largest absolute Gasteiger partial charge is 0.459 e. The number of para-hydroxylation sites is 1. The van der Waals surface area contributed by atoms with Crippen LogP contribution in [0.15, 0.2) is 34.7 Å². The number of rotatable bonds is 3. The van der Waals surface area contributed by atoms with Gasteiger partial charge in [0.15, 0.2) is 0 Å². The van der Waals surface area contributed by atoms with E-state index < -0.39 is 10.1 Å². The first-order valence-electron chi connectivity index (χ1n) is 4.36. The third kappa shape index (κ3) is 2.57. The average molecular weight is 226 g/mol. The molecule has 0 amide bonds. The highest BCUT2D eigenvalue weighted by Gasteiger charge is 2.07. The van der Waals surface area contributed by atoms with Crippen LogP contribution in [0.2, 0.25) is 0 Å². The molecule has 0 bridgehead atoms. The second-order valence-electron chi connectivity index (χ2n) is 3.22. The molecule has 0 aliphatic rings. The van der Waals surface area contributed by atoms with Crippen molar-refractivity contribution in [3.8, 4) is 0 Å². The molecule has 0 aliphatic heterocycles. The zero-order valence-corrected chi connectivity index (χ0v) is 8.95. The number of fused-ring (bicyclic) bond motifs is 1. The lowest BCUT2D eigenvalue weighted by molar-refractivity contribution is 0.281. The summed E-state index contributed by atoms with van der Waals surface area (Å²) in [5.74, 6) is 0.502. The summed E-state index contributed by atoms with van der Waals surface area (Å²) in [6, 6.07) is 9.22. The molecule has 0 saturated carbocycles. The van der Waals surface area contributed by atoms with Crippen molar-refractivity contribution in [1.29, 1.82) is 0 Å². The molecule has 0 N–H and O–H groups in total. The van der Waals surface area contributed by atoms with E-state index in [9.17, 15) is 8.42 Å². The van der Waals surface area contributed by atoms with E-state index in [1.54, 1.807) is 6.07 Å². The molecule has 0 spiro atoms. The van der Waals surface area contributed by atoms with E-state index in [1.807, 2.05) is 24.3 Å². The van der Waals surface area contributed by atoms with Gasteiger partial charge in [-0.15, -0.1) is 0 Å². The van der Waals surface area contributed by atoms with Crippen LogP contribution in [0, 0.1) is 0 Å². The molecule has 2 rings (SSSR count). The van der Waals surface area contributed by atoms with E-state index >= 15 is 0 Å². The topological polar surface area (TPSA) is 56.5 Å². The molecular formula is C10H10O4S.